The fourth-order valence-electron chi connectivity index (χ4n) is 5.21. The Labute approximate surface area is 248 Å². The number of halogens is 1. The molecule has 6 rings (SSSR count). The first-order valence-electron chi connectivity index (χ1n) is 14.0. The number of nitrogens with zero attached hydrogens (tertiary/aromatic N) is 3. The summed E-state index contributed by atoms with van der Waals surface area (Å²) in [5.41, 5.74) is 5.64. The lowest BCUT2D eigenvalue weighted by atomic mass is 9.93. The third-order valence-electron chi connectivity index (χ3n) is 7.40. The molecule has 214 valence electrons. The molecule has 2 heterocycles. The van der Waals surface area contributed by atoms with E-state index < -0.39 is 11.7 Å². The van der Waals surface area contributed by atoms with Crippen LogP contribution in [0.1, 0.15) is 41.6 Å². The van der Waals surface area contributed by atoms with Gasteiger partial charge in [-0.05, 0) is 85.4 Å². The van der Waals surface area contributed by atoms with E-state index in [1.54, 1.807) is 50.6 Å². The summed E-state index contributed by atoms with van der Waals surface area (Å²) >= 11 is 0. The van der Waals surface area contributed by atoms with Gasteiger partial charge in [0.2, 0.25) is 5.91 Å². The molecule has 1 aliphatic rings. The summed E-state index contributed by atoms with van der Waals surface area (Å²) in [4.78, 5) is 38.2. The highest BCUT2D eigenvalue weighted by Gasteiger charge is 2.24. The molecule has 2 aromatic heterocycles. The van der Waals surface area contributed by atoms with Crippen molar-refractivity contribution in [1.82, 2.24) is 15.0 Å². The molecule has 3 aromatic carbocycles. The first-order valence-corrected chi connectivity index (χ1v) is 14.0. The van der Waals surface area contributed by atoms with Gasteiger partial charge in [-0.25, -0.2) is 19.3 Å². The molecule has 2 amide bonds. The second-order valence-corrected chi connectivity index (χ2v) is 10.3. The first kappa shape index (κ1) is 27.7. The van der Waals surface area contributed by atoms with Crippen LogP contribution >= 0.6 is 0 Å². The molecule has 9 heteroatoms. The van der Waals surface area contributed by atoms with Crippen LogP contribution in [0.3, 0.4) is 0 Å². The van der Waals surface area contributed by atoms with Crippen LogP contribution in [-0.2, 0) is 4.79 Å². The standard InChI is InChI=1S/C34H29FN6O2/c1-3-5-31(42)40-24-7-4-6-22(14-24)26-17-27(32(36-2)28-18-37-19-39-33(26)28)25-11-10-23(15-29(25)35)34(43)41-30-16-21(12-13-38-30)20-8-9-20/h3-7,10-20,36H,8-9H2,1-2H3,(H,40,42)(H,38,41,43)/b5-3+. The van der Waals surface area contributed by atoms with Crippen molar-refractivity contribution in [2.45, 2.75) is 25.7 Å². The number of hydrogen-bond donors (Lipinski definition) is 3. The molecule has 43 heavy (non-hydrogen) atoms. The third-order valence-corrected chi connectivity index (χ3v) is 7.40. The number of carbonyl (C=O) groups is 2. The van der Waals surface area contributed by atoms with E-state index in [9.17, 15) is 9.59 Å². The van der Waals surface area contributed by atoms with Crippen LogP contribution < -0.4 is 16.0 Å². The number of amides is 2. The van der Waals surface area contributed by atoms with Crippen molar-refractivity contribution in [3.05, 3.63) is 108 Å². The van der Waals surface area contributed by atoms with Crippen LogP contribution in [0.4, 0.5) is 21.6 Å². The Hall–Kier alpha value is -5.44. The van der Waals surface area contributed by atoms with Crippen molar-refractivity contribution < 1.29 is 14.0 Å². The summed E-state index contributed by atoms with van der Waals surface area (Å²) < 4.78 is 15.8. The number of pyridine rings is 1. The van der Waals surface area contributed by atoms with E-state index in [4.69, 9.17) is 0 Å². The molecule has 1 fully saturated rings. The second kappa shape index (κ2) is 11.8. The number of benzene rings is 3. The Kier molecular flexibility index (Phi) is 7.61. The van der Waals surface area contributed by atoms with Gasteiger partial charge in [0.05, 0.1) is 11.2 Å². The quantitative estimate of drug-likeness (QED) is 0.170. The van der Waals surface area contributed by atoms with E-state index >= 15 is 4.39 Å². The molecule has 8 nitrogen and oxygen atoms in total. The molecule has 1 aliphatic carbocycles. The van der Waals surface area contributed by atoms with Crippen molar-refractivity contribution in [2.75, 3.05) is 23.0 Å². The van der Waals surface area contributed by atoms with Gasteiger partial charge in [0.1, 0.15) is 18.0 Å². The minimum absolute atomic E-state index is 0.180. The Morgan fingerprint density at radius 1 is 0.953 bits per heavy atom. The fraction of sp³-hybridized carbons (Fsp3) is 0.147. The number of allylic oxidation sites excluding steroid dienone is 1. The number of hydrogen-bond acceptors (Lipinski definition) is 6. The van der Waals surface area contributed by atoms with Gasteiger partial charge in [-0.3, -0.25) is 9.59 Å². The van der Waals surface area contributed by atoms with Gasteiger partial charge >= 0.3 is 0 Å². The molecule has 1 saturated carbocycles. The summed E-state index contributed by atoms with van der Waals surface area (Å²) in [7, 11) is 1.75. The lowest BCUT2D eigenvalue weighted by molar-refractivity contribution is -0.111. The third kappa shape index (κ3) is 5.83. The number of carbonyl (C=O) groups excluding carboxylic acids is 2. The molecule has 0 radical (unpaired) electrons. The molecule has 0 unspecified atom stereocenters. The van der Waals surface area contributed by atoms with Gasteiger partial charge in [0, 0.05) is 52.8 Å². The van der Waals surface area contributed by atoms with Gasteiger partial charge in [0.25, 0.3) is 5.91 Å². The largest absolute Gasteiger partial charge is 0.387 e. The van der Waals surface area contributed by atoms with E-state index in [2.05, 4.69) is 30.9 Å². The first-order chi connectivity index (χ1) is 20.9. The van der Waals surface area contributed by atoms with Crippen LogP contribution in [0.25, 0.3) is 33.2 Å². The number of anilines is 3. The average Bonchev–Trinajstić information content (AvgIpc) is 3.87. The predicted molar refractivity (Wildman–Crippen MR) is 168 cm³/mol. The normalized spacial score (nSPS) is 12.8. The predicted octanol–water partition coefficient (Wildman–Crippen LogP) is 7.18. The molecular formula is C34H29FN6O2. The van der Waals surface area contributed by atoms with Crippen LogP contribution in [0.2, 0.25) is 0 Å². The number of rotatable bonds is 8. The van der Waals surface area contributed by atoms with Gasteiger partial charge in [-0.1, -0.05) is 24.3 Å². The summed E-state index contributed by atoms with van der Waals surface area (Å²) in [6.45, 7) is 1.77. The molecular weight excluding hydrogens is 543 g/mol. The number of nitrogens with one attached hydrogen (secondary N) is 3. The Bertz CT molecular complexity index is 1900. The summed E-state index contributed by atoms with van der Waals surface area (Å²) in [6.07, 6.45) is 10.2. The van der Waals surface area contributed by atoms with Crippen molar-refractivity contribution in [3.8, 4) is 22.3 Å². The molecule has 0 spiro atoms. The van der Waals surface area contributed by atoms with Crippen LogP contribution in [0.15, 0.2) is 91.5 Å². The maximum Gasteiger partial charge on any atom is 0.256 e. The minimum Gasteiger partial charge on any atom is -0.387 e. The zero-order valence-corrected chi connectivity index (χ0v) is 23.7. The van der Waals surface area contributed by atoms with Crippen LogP contribution in [0, 0.1) is 5.82 Å². The summed E-state index contributed by atoms with van der Waals surface area (Å²) in [5, 5.41) is 9.53. The van der Waals surface area contributed by atoms with Gasteiger partial charge in [-0.2, -0.15) is 0 Å². The van der Waals surface area contributed by atoms with Gasteiger partial charge in [0.15, 0.2) is 0 Å². The van der Waals surface area contributed by atoms with Crippen molar-refractivity contribution in [2.24, 2.45) is 0 Å². The van der Waals surface area contributed by atoms with Crippen molar-refractivity contribution in [1.29, 1.82) is 0 Å². The maximum absolute atomic E-state index is 15.8. The highest BCUT2D eigenvalue weighted by atomic mass is 19.1. The SMILES string of the molecule is C/C=C/C(=O)Nc1cccc(-c2cc(-c3ccc(C(=O)Nc4cc(C5CC5)ccn4)cc3F)c(NC)c3cncnc23)c1. The number of fused-ring (bicyclic) bond motifs is 1. The zero-order chi connectivity index (χ0) is 29.9. The number of aromatic nitrogens is 3. The van der Waals surface area contributed by atoms with E-state index in [0.717, 1.165) is 29.5 Å². The molecule has 0 saturated heterocycles. The maximum atomic E-state index is 15.8. The van der Waals surface area contributed by atoms with Crippen LogP contribution in [-0.4, -0.2) is 33.8 Å². The topological polar surface area (TPSA) is 109 Å². The highest BCUT2D eigenvalue weighted by Crippen LogP contribution is 2.42. The second-order valence-electron chi connectivity index (χ2n) is 10.3. The molecule has 0 aliphatic heterocycles. The smallest absolute Gasteiger partial charge is 0.256 e. The highest BCUT2D eigenvalue weighted by molar-refractivity contribution is 6.08. The average molecular weight is 573 g/mol. The minimum atomic E-state index is -0.557. The monoisotopic (exact) mass is 572 g/mol. The Morgan fingerprint density at radius 2 is 1.81 bits per heavy atom. The van der Waals surface area contributed by atoms with Crippen LogP contribution in [0.5, 0.6) is 0 Å². The molecule has 0 atom stereocenters. The Balaban J connectivity index is 1.38. The lowest BCUT2D eigenvalue weighted by Gasteiger charge is -2.17. The molecule has 5 aromatic rings. The van der Waals surface area contributed by atoms with E-state index in [-0.39, 0.29) is 11.5 Å². The van der Waals surface area contributed by atoms with E-state index in [1.807, 2.05) is 36.4 Å². The van der Waals surface area contributed by atoms with E-state index in [1.165, 1.54) is 18.5 Å². The van der Waals surface area contributed by atoms with Gasteiger partial charge < -0.3 is 16.0 Å². The van der Waals surface area contributed by atoms with Crippen molar-refractivity contribution >= 4 is 39.9 Å². The zero-order valence-electron chi connectivity index (χ0n) is 23.7. The van der Waals surface area contributed by atoms with E-state index in [0.29, 0.717) is 45.1 Å². The molecule has 0 bridgehead atoms. The fourth-order valence-corrected chi connectivity index (χ4v) is 5.21. The van der Waals surface area contributed by atoms with Gasteiger partial charge in [-0.15, -0.1) is 0 Å². The summed E-state index contributed by atoms with van der Waals surface area (Å²) in [5.74, 6) is -0.272. The lowest BCUT2D eigenvalue weighted by Crippen LogP contribution is -2.13. The molecule has 3 N–H and O–H groups in total. The van der Waals surface area contributed by atoms with Crippen molar-refractivity contribution in [3.63, 3.8) is 0 Å². The summed E-state index contributed by atoms with van der Waals surface area (Å²) in [6, 6.07) is 17.5. The Morgan fingerprint density at radius 3 is 2.58 bits per heavy atom.